The molecule has 0 amide bonds. The molecule has 0 fully saturated rings. The molecule has 0 aliphatic heterocycles. The highest BCUT2D eigenvalue weighted by atomic mass is 35.5. The quantitative estimate of drug-likeness (QED) is 0.631. The van der Waals surface area contributed by atoms with E-state index in [1.165, 1.54) is 0 Å². The van der Waals surface area contributed by atoms with Crippen LogP contribution in [-0.2, 0) is 0 Å². The van der Waals surface area contributed by atoms with Gasteiger partial charge in [0.1, 0.15) is 21.9 Å². The Morgan fingerprint density at radius 3 is 2.67 bits per heavy atom. The molecule has 0 unspecified atom stereocenters. The van der Waals surface area contributed by atoms with Crippen LogP contribution in [0, 0.1) is 11.3 Å². The third kappa shape index (κ3) is 1.84. The summed E-state index contributed by atoms with van der Waals surface area (Å²) in [6, 6.07) is 13.3. The number of para-hydroxylation sites is 1. The molecule has 0 N–H and O–H groups in total. The summed E-state index contributed by atoms with van der Waals surface area (Å²) >= 11 is 7.48. The molecule has 1 aromatic carbocycles. The predicted octanol–water partition coefficient (Wildman–Crippen LogP) is 3.88. The molecular formula is C13H6ClN3S. The molecule has 0 bridgehead atoms. The van der Waals surface area contributed by atoms with Gasteiger partial charge in [0.15, 0.2) is 0 Å². The Hall–Kier alpha value is -1.96. The second kappa shape index (κ2) is 4.37. The number of nitriles is 1. The molecule has 5 heteroatoms. The highest BCUT2D eigenvalue weighted by molar-refractivity contribution is 7.21. The number of hydrogen-bond acceptors (Lipinski definition) is 4. The van der Waals surface area contributed by atoms with Crippen molar-refractivity contribution in [2.24, 2.45) is 0 Å². The summed E-state index contributed by atoms with van der Waals surface area (Å²) in [5.41, 5.74) is 2.02. The summed E-state index contributed by atoms with van der Waals surface area (Å²) in [6.07, 6.45) is 0. The highest BCUT2D eigenvalue weighted by Gasteiger charge is 2.09. The van der Waals surface area contributed by atoms with E-state index in [4.69, 9.17) is 16.9 Å². The first kappa shape index (κ1) is 11.1. The highest BCUT2D eigenvalue weighted by Crippen LogP contribution is 2.29. The summed E-state index contributed by atoms with van der Waals surface area (Å²) in [5.74, 6) is 0. The van der Waals surface area contributed by atoms with Gasteiger partial charge in [-0.3, -0.25) is 0 Å². The van der Waals surface area contributed by atoms with E-state index in [2.05, 4.69) is 9.97 Å². The van der Waals surface area contributed by atoms with Gasteiger partial charge in [-0.25, -0.2) is 9.97 Å². The Balaban J connectivity index is 2.15. The minimum atomic E-state index is 0.217. The lowest BCUT2D eigenvalue weighted by Gasteiger charge is -1.97. The number of thiazole rings is 1. The van der Waals surface area contributed by atoms with Crippen molar-refractivity contribution in [3.8, 4) is 16.8 Å². The number of rotatable bonds is 1. The Labute approximate surface area is 112 Å². The molecule has 0 saturated heterocycles. The average Bonchev–Trinajstić information content (AvgIpc) is 2.82. The van der Waals surface area contributed by atoms with Crippen LogP contribution >= 0.6 is 22.9 Å². The maximum Gasteiger partial charge on any atom is 0.147 e. The zero-order valence-corrected chi connectivity index (χ0v) is 10.7. The number of hydrogen-bond donors (Lipinski definition) is 0. The second-order valence-corrected chi connectivity index (χ2v) is 5.02. The van der Waals surface area contributed by atoms with Crippen molar-refractivity contribution in [3.05, 3.63) is 47.1 Å². The summed E-state index contributed by atoms with van der Waals surface area (Å²) in [7, 11) is 0. The van der Waals surface area contributed by atoms with Crippen LogP contribution in [-0.4, -0.2) is 9.97 Å². The molecule has 3 rings (SSSR count). The predicted molar refractivity (Wildman–Crippen MR) is 72.6 cm³/mol. The van der Waals surface area contributed by atoms with Gasteiger partial charge in [0.05, 0.1) is 15.8 Å². The van der Waals surface area contributed by atoms with E-state index >= 15 is 0 Å². The van der Waals surface area contributed by atoms with Gasteiger partial charge >= 0.3 is 0 Å². The van der Waals surface area contributed by atoms with Gasteiger partial charge in [-0.05, 0) is 24.3 Å². The maximum atomic E-state index is 8.81. The molecular weight excluding hydrogens is 266 g/mol. The van der Waals surface area contributed by atoms with Crippen LogP contribution in [0.1, 0.15) is 5.56 Å². The summed E-state index contributed by atoms with van der Waals surface area (Å²) in [6.45, 7) is 0. The first-order valence-corrected chi connectivity index (χ1v) is 6.40. The Morgan fingerprint density at radius 2 is 1.94 bits per heavy atom. The molecule has 0 radical (unpaired) electrons. The fourth-order valence-electron chi connectivity index (χ4n) is 1.62. The molecule has 2 aromatic heterocycles. The van der Waals surface area contributed by atoms with E-state index < -0.39 is 0 Å². The van der Waals surface area contributed by atoms with Crippen molar-refractivity contribution >= 4 is 33.2 Å². The van der Waals surface area contributed by atoms with Crippen LogP contribution in [0.4, 0.5) is 0 Å². The van der Waals surface area contributed by atoms with Gasteiger partial charge in [-0.2, -0.15) is 5.26 Å². The largest absolute Gasteiger partial charge is 0.234 e. The molecule has 0 spiro atoms. The van der Waals surface area contributed by atoms with Crippen molar-refractivity contribution in [3.63, 3.8) is 0 Å². The van der Waals surface area contributed by atoms with Gasteiger partial charge < -0.3 is 0 Å². The van der Waals surface area contributed by atoms with Gasteiger partial charge in [0.2, 0.25) is 0 Å². The van der Waals surface area contributed by atoms with Crippen LogP contribution in [0.2, 0.25) is 5.15 Å². The first-order chi connectivity index (χ1) is 8.78. The molecule has 0 aliphatic rings. The number of fused-ring (bicyclic) bond motifs is 1. The standard InChI is InChI=1S/C13H6ClN3S/c14-12-8(7-15)5-6-10(16-12)13-17-9-3-1-2-4-11(9)18-13/h1-6H. The van der Waals surface area contributed by atoms with Crippen molar-refractivity contribution in [1.82, 2.24) is 9.97 Å². The zero-order chi connectivity index (χ0) is 12.5. The molecule has 18 heavy (non-hydrogen) atoms. The van der Waals surface area contributed by atoms with E-state index in [0.29, 0.717) is 11.3 Å². The normalized spacial score (nSPS) is 10.4. The van der Waals surface area contributed by atoms with Crippen LogP contribution in [0.3, 0.4) is 0 Å². The van der Waals surface area contributed by atoms with Crippen molar-refractivity contribution in [1.29, 1.82) is 5.26 Å². The first-order valence-electron chi connectivity index (χ1n) is 5.20. The number of benzene rings is 1. The minimum Gasteiger partial charge on any atom is -0.234 e. The minimum absolute atomic E-state index is 0.217. The molecule has 3 aromatic rings. The number of nitrogens with zero attached hydrogens (tertiary/aromatic N) is 3. The van der Waals surface area contributed by atoms with Crippen LogP contribution in [0.5, 0.6) is 0 Å². The summed E-state index contributed by atoms with van der Waals surface area (Å²) in [5, 5.41) is 9.83. The van der Waals surface area contributed by atoms with E-state index in [0.717, 1.165) is 15.2 Å². The van der Waals surface area contributed by atoms with Crippen molar-refractivity contribution in [2.75, 3.05) is 0 Å². The molecule has 0 atom stereocenters. The number of halogens is 1. The lowest BCUT2D eigenvalue weighted by Crippen LogP contribution is -1.86. The van der Waals surface area contributed by atoms with E-state index in [9.17, 15) is 0 Å². The van der Waals surface area contributed by atoms with Gasteiger partial charge in [0, 0.05) is 0 Å². The third-order valence-corrected chi connectivity index (χ3v) is 3.83. The molecule has 0 saturated carbocycles. The monoisotopic (exact) mass is 271 g/mol. The maximum absolute atomic E-state index is 8.81. The topological polar surface area (TPSA) is 49.6 Å². The van der Waals surface area contributed by atoms with Gasteiger partial charge in [0.25, 0.3) is 0 Å². The zero-order valence-electron chi connectivity index (χ0n) is 9.09. The fourth-order valence-corrected chi connectivity index (χ4v) is 2.75. The average molecular weight is 272 g/mol. The fraction of sp³-hybridized carbons (Fsp3) is 0. The lowest BCUT2D eigenvalue weighted by molar-refractivity contribution is 1.28. The van der Waals surface area contributed by atoms with Crippen LogP contribution in [0.15, 0.2) is 36.4 Å². The van der Waals surface area contributed by atoms with Crippen LogP contribution in [0.25, 0.3) is 20.9 Å². The third-order valence-electron chi connectivity index (χ3n) is 2.48. The van der Waals surface area contributed by atoms with Crippen molar-refractivity contribution in [2.45, 2.75) is 0 Å². The SMILES string of the molecule is N#Cc1ccc(-c2nc3ccccc3s2)nc1Cl. The Morgan fingerprint density at radius 1 is 1.11 bits per heavy atom. The Kier molecular flexibility index (Phi) is 2.71. The van der Waals surface area contributed by atoms with E-state index in [1.807, 2.05) is 30.3 Å². The molecule has 3 nitrogen and oxygen atoms in total. The molecule has 2 heterocycles. The van der Waals surface area contributed by atoms with Crippen molar-refractivity contribution < 1.29 is 0 Å². The summed E-state index contributed by atoms with van der Waals surface area (Å²) in [4.78, 5) is 8.69. The smallest absolute Gasteiger partial charge is 0.147 e. The number of pyridine rings is 1. The lowest BCUT2D eigenvalue weighted by atomic mass is 10.3. The van der Waals surface area contributed by atoms with E-state index in [-0.39, 0.29) is 5.15 Å². The van der Waals surface area contributed by atoms with Gasteiger partial charge in [-0.15, -0.1) is 11.3 Å². The number of aromatic nitrogens is 2. The van der Waals surface area contributed by atoms with E-state index in [1.54, 1.807) is 23.5 Å². The molecule has 86 valence electrons. The summed E-state index contributed by atoms with van der Waals surface area (Å²) < 4.78 is 1.11. The molecule has 0 aliphatic carbocycles. The Bertz CT molecular complexity index is 740. The second-order valence-electron chi connectivity index (χ2n) is 3.63. The van der Waals surface area contributed by atoms with Gasteiger partial charge in [-0.1, -0.05) is 23.7 Å². The van der Waals surface area contributed by atoms with Crippen LogP contribution < -0.4 is 0 Å².